The minimum absolute atomic E-state index is 0.281. The fourth-order valence-corrected chi connectivity index (χ4v) is 2.58. The van der Waals surface area contributed by atoms with Gasteiger partial charge in [0.25, 0.3) is 0 Å². The smallest absolute Gasteiger partial charge is 0.146 e. The fourth-order valence-electron chi connectivity index (χ4n) is 2.58. The van der Waals surface area contributed by atoms with E-state index in [1.165, 1.54) is 6.07 Å². The summed E-state index contributed by atoms with van der Waals surface area (Å²) in [5.41, 5.74) is 1.58. The topological polar surface area (TPSA) is 37.4 Å². The van der Waals surface area contributed by atoms with Gasteiger partial charge >= 0.3 is 0 Å². The summed E-state index contributed by atoms with van der Waals surface area (Å²) in [6.45, 7) is 5.61. The molecule has 3 rings (SSSR count). The van der Waals surface area contributed by atoms with Gasteiger partial charge in [-0.15, -0.1) is 0 Å². The number of pyridine rings is 1. The molecule has 22 heavy (non-hydrogen) atoms. The van der Waals surface area contributed by atoms with Gasteiger partial charge in [-0.1, -0.05) is 18.2 Å². The average molecular weight is 301 g/mol. The van der Waals surface area contributed by atoms with Crippen molar-refractivity contribution < 1.29 is 9.13 Å². The number of hydrogen-bond acceptors (Lipinski definition) is 4. The van der Waals surface area contributed by atoms with Gasteiger partial charge in [0.2, 0.25) is 0 Å². The molecule has 0 spiro atoms. The molecule has 2 aromatic rings. The van der Waals surface area contributed by atoms with Gasteiger partial charge < -0.3 is 10.1 Å². The molecule has 1 aliphatic heterocycles. The summed E-state index contributed by atoms with van der Waals surface area (Å²) in [6.07, 6.45) is 2.12. The number of aromatic nitrogens is 1. The quantitative estimate of drug-likeness (QED) is 0.941. The molecular weight excluding hydrogens is 281 g/mol. The molecule has 0 amide bonds. The molecule has 1 fully saturated rings. The Balaban J connectivity index is 1.62. The first-order valence-corrected chi connectivity index (χ1v) is 7.51. The predicted molar refractivity (Wildman–Crippen MR) is 84.6 cm³/mol. The zero-order valence-electron chi connectivity index (χ0n) is 12.6. The standard InChI is InChI=1S/C17H20FN3O/c1-13-11-21(8-9-22-13)12-14-6-7-17(19-10-14)20-16-5-3-2-4-15(16)18/h2-7,10,13H,8-9,11-12H2,1H3,(H,19,20)/t13-/m0/s1. The van der Waals surface area contributed by atoms with Crippen molar-refractivity contribution in [3.63, 3.8) is 0 Å². The highest BCUT2D eigenvalue weighted by Crippen LogP contribution is 2.18. The van der Waals surface area contributed by atoms with Crippen LogP contribution in [0.5, 0.6) is 0 Å². The van der Waals surface area contributed by atoms with Crippen LogP contribution in [-0.4, -0.2) is 35.7 Å². The first-order valence-electron chi connectivity index (χ1n) is 7.51. The van der Waals surface area contributed by atoms with Crippen molar-refractivity contribution in [3.8, 4) is 0 Å². The van der Waals surface area contributed by atoms with E-state index in [2.05, 4.69) is 22.1 Å². The van der Waals surface area contributed by atoms with Crippen molar-refractivity contribution in [1.82, 2.24) is 9.88 Å². The number of halogens is 1. The predicted octanol–water partition coefficient (Wildman–Crippen LogP) is 3.19. The lowest BCUT2D eigenvalue weighted by atomic mass is 10.2. The van der Waals surface area contributed by atoms with Crippen LogP contribution in [0.15, 0.2) is 42.6 Å². The highest BCUT2D eigenvalue weighted by Gasteiger charge is 2.16. The molecule has 5 heteroatoms. The SMILES string of the molecule is C[C@H]1CN(Cc2ccc(Nc3ccccc3F)nc2)CCO1. The maximum atomic E-state index is 13.6. The Labute approximate surface area is 129 Å². The summed E-state index contributed by atoms with van der Waals surface area (Å²) >= 11 is 0. The highest BCUT2D eigenvalue weighted by atomic mass is 19.1. The van der Waals surface area contributed by atoms with Crippen molar-refractivity contribution in [2.75, 3.05) is 25.0 Å². The number of nitrogens with one attached hydrogen (secondary N) is 1. The van der Waals surface area contributed by atoms with E-state index in [1.807, 2.05) is 18.3 Å². The van der Waals surface area contributed by atoms with Crippen LogP contribution in [0.25, 0.3) is 0 Å². The molecule has 4 nitrogen and oxygen atoms in total. The Morgan fingerprint density at radius 3 is 2.91 bits per heavy atom. The Bertz CT molecular complexity index is 618. The molecule has 2 heterocycles. The first-order chi connectivity index (χ1) is 10.7. The van der Waals surface area contributed by atoms with E-state index in [0.717, 1.165) is 31.8 Å². The molecular formula is C17H20FN3O. The number of morpholine rings is 1. The van der Waals surface area contributed by atoms with Crippen LogP contribution in [-0.2, 0) is 11.3 Å². The number of para-hydroxylation sites is 1. The van der Waals surface area contributed by atoms with Gasteiger partial charge in [0, 0.05) is 25.8 Å². The minimum Gasteiger partial charge on any atom is -0.376 e. The first kappa shape index (κ1) is 14.9. The zero-order chi connectivity index (χ0) is 15.4. The molecule has 1 atom stereocenters. The molecule has 1 N–H and O–H groups in total. The van der Waals surface area contributed by atoms with Crippen molar-refractivity contribution in [2.24, 2.45) is 0 Å². The molecule has 1 aromatic carbocycles. The summed E-state index contributed by atoms with van der Waals surface area (Å²) in [7, 11) is 0. The van der Waals surface area contributed by atoms with Crippen molar-refractivity contribution in [1.29, 1.82) is 0 Å². The van der Waals surface area contributed by atoms with Gasteiger partial charge in [0.05, 0.1) is 18.4 Å². The molecule has 0 bridgehead atoms. The van der Waals surface area contributed by atoms with Crippen LogP contribution in [0.3, 0.4) is 0 Å². The largest absolute Gasteiger partial charge is 0.376 e. The summed E-state index contributed by atoms with van der Waals surface area (Å²) in [4.78, 5) is 6.72. The van der Waals surface area contributed by atoms with E-state index in [4.69, 9.17) is 4.74 Å². The van der Waals surface area contributed by atoms with Crippen LogP contribution < -0.4 is 5.32 Å². The third-order valence-corrected chi connectivity index (χ3v) is 3.69. The second kappa shape index (κ2) is 6.85. The Hall–Kier alpha value is -1.98. The van der Waals surface area contributed by atoms with E-state index < -0.39 is 0 Å². The molecule has 116 valence electrons. The van der Waals surface area contributed by atoms with E-state index in [9.17, 15) is 4.39 Å². The molecule has 0 unspecified atom stereocenters. The summed E-state index contributed by atoms with van der Waals surface area (Å²) in [6, 6.07) is 10.5. The summed E-state index contributed by atoms with van der Waals surface area (Å²) in [5.74, 6) is 0.361. The number of benzene rings is 1. The highest BCUT2D eigenvalue weighted by molar-refractivity contribution is 5.56. The van der Waals surface area contributed by atoms with Crippen LogP contribution in [0.1, 0.15) is 12.5 Å². The second-order valence-electron chi connectivity index (χ2n) is 5.57. The molecule has 0 aliphatic carbocycles. The minimum atomic E-state index is -0.282. The monoisotopic (exact) mass is 301 g/mol. The fraction of sp³-hybridized carbons (Fsp3) is 0.353. The number of ether oxygens (including phenoxy) is 1. The Morgan fingerprint density at radius 2 is 2.18 bits per heavy atom. The lowest BCUT2D eigenvalue weighted by molar-refractivity contribution is -0.0212. The molecule has 1 aromatic heterocycles. The van der Waals surface area contributed by atoms with E-state index >= 15 is 0 Å². The van der Waals surface area contributed by atoms with E-state index in [-0.39, 0.29) is 11.9 Å². The maximum absolute atomic E-state index is 13.6. The zero-order valence-corrected chi connectivity index (χ0v) is 12.6. The second-order valence-corrected chi connectivity index (χ2v) is 5.57. The maximum Gasteiger partial charge on any atom is 0.146 e. The van der Waals surface area contributed by atoms with Gasteiger partial charge in [-0.05, 0) is 30.7 Å². The third kappa shape index (κ3) is 3.81. The molecule has 0 radical (unpaired) electrons. The number of nitrogens with zero attached hydrogens (tertiary/aromatic N) is 2. The number of rotatable bonds is 4. The van der Waals surface area contributed by atoms with E-state index in [1.54, 1.807) is 18.2 Å². The van der Waals surface area contributed by atoms with Gasteiger partial charge in [-0.2, -0.15) is 0 Å². The van der Waals surface area contributed by atoms with Gasteiger partial charge in [-0.3, -0.25) is 4.90 Å². The Morgan fingerprint density at radius 1 is 1.32 bits per heavy atom. The van der Waals surface area contributed by atoms with Crippen LogP contribution in [0, 0.1) is 5.82 Å². The lowest BCUT2D eigenvalue weighted by Gasteiger charge is -2.30. The summed E-state index contributed by atoms with van der Waals surface area (Å²) < 4.78 is 19.1. The van der Waals surface area contributed by atoms with Gasteiger partial charge in [0.1, 0.15) is 11.6 Å². The normalized spacial score (nSPS) is 19.1. The molecule has 1 aliphatic rings. The van der Waals surface area contributed by atoms with Crippen molar-refractivity contribution >= 4 is 11.5 Å². The van der Waals surface area contributed by atoms with Gasteiger partial charge in [-0.25, -0.2) is 9.37 Å². The van der Waals surface area contributed by atoms with Crippen LogP contribution in [0.4, 0.5) is 15.9 Å². The lowest BCUT2D eigenvalue weighted by Crippen LogP contribution is -2.40. The summed E-state index contributed by atoms with van der Waals surface area (Å²) in [5, 5.41) is 2.99. The van der Waals surface area contributed by atoms with Crippen molar-refractivity contribution in [3.05, 3.63) is 54.0 Å². The molecule has 0 saturated carbocycles. The number of hydrogen-bond donors (Lipinski definition) is 1. The number of anilines is 2. The average Bonchev–Trinajstić information content (AvgIpc) is 2.52. The third-order valence-electron chi connectivity index (χ3n) is 3.69. The van der Waals surface area contributed by atoms with Crippen LogP contribution >= 0.6 is 0 Å². The van der Waals surface area contributed by atoms with Crippen molar-refractivity contribution in [2.45, 2.75) is 19.6 Å². The van der Waals surface area contributed by atoms with Gasteiger partial charge in [0.15, 0.2) is 0 Å². The molecule has 1 saturated heterocycles. The van der Waals surface area contributed by atoms with Crippen LogP contribution in [0.2, 0.25) is 0 Å². The van der Waals surface area contributed by atoms with E-state index in [0.29, 0.717) is 11.5 Å². The Kier molecular flexibility index (Phi) is 4.65.